The van der Waals surface area contributed by atoms with Crippen molar-refractivity contribution in [1.82, 2.24) is 4.98 Å². The van der Waals surface area contributed by atoms with Crippen LogP contribution < -0.4 is 10.6 Å². The van der Waals surface area contributed by atoms with Gasteiger partial charge in [-0.05, 0) is 52.9 Å². The summed E-state index contributed by atoms with van der Waals surface area (Å²) in [6, 6.07) is 8.67. The van der Waals surface area contributed by atoms with Gasteiger partial charge in [-0.3, -0.25) is 4.98 Å². The van der Waals surface area contributed by atoms with E-state index in [2.05, 4.69) is 15.6 Å². The topological polar surface area (TPSA) is 54.0 Å². The Balaban J connectivity index is 2.01. The van der Waals surface area contributed by atoms with Gasteiger partial charge < -0.3 is 10.6 Å². The second-order valence-electron chi connectivity index (χ2n) is 3.46. The zero-order chi connectivity index (χ0) is 13.0. The molecular weight excluding hydrogens is 348 g/mol. The van der Waals surface area contributed by atoms with Gasteiger partial charge in [-0.15, -0.1) is 0 Å². The van der Waals surface area contributed by atoms with Crippen LogP contribution in [0.3, 0.4) is 0 Å². The highest BCUT2D eigenvalue weighted by molar-refractivity contribution is 14.1. The Morgan fingerprint density at radius 1 is 1.17 bits per heavy atom. The van der Waals surface area contributed by atoms with Gasteiger partial charge in [0, 0.05) is 17.6 Å². The summed E-state index contributed by atoms with van der Waals surface area (Å²) in [5.41, 5.74) is 1.03. The third-order valence-electron chi connectivity index (χ3n) is 2.07. The molecule has 18 heavy (non-hydrogen) atoms. The molecule has 0 fully saturated rings. The minimum Gasteiger partial charge on any atom is -0.308 e. The standard InChI is InChI=1S/C12H9FIN3O/c13-8-2-1-3-9(6-8)16-12(18)17-10-4-5-15-11(14)7-10/h1-7H,(H2,15,16,17,18). The number of pyridine rings is 1. The Bertz CT molecular complexity index is 527. The molecule has 1 heterocycles. The lowest BCUT2D eigenvalue weighted by molar-refractivity contribution is 0.262. The van der Waals surface area contributed by atoms with Gasteiger partial charge in [-0.25, -0.2) is 9.18 Å². The monoisotopic (exact) mass is 357 g/mol. The molecule has 2 aromatic rings. The maximum Gasteiger partial charge on any atom is 0.323 e. The Morgan fingerprint density at radius 2 is 1.89 bits per heavy atom. The summed E-state index contributed by atoms with van der Waals surface area (Å²) in [5, 5.41) is 5.17. The molecule has 2 amide bonds. The van der Waals surface area contributed by atoms with Crippen LogP contribution in [0.25, 0.3) is 0 Å². The quantitative estimate of drug-likeness (QED) is 0.639. The molecule has 1 aromatic carbocycles. The lowest BCUT2D eigenvalue weighted by atomic mass is 10.3. The molecule has 0 aliphatic carbocycles. The van der Waals surface area contributed by atoms with Gasteiger partial charge in [0.1, 0.15) is 9.52 Å². The number of rotatable bonds is 2. The van der Waals surface area contributed by atoms with E-state index in [0.717, 1.165) is 3.70 Å². The highest BCUT2D eigenvalue weighted by Crippen LogP contribution is 2.12. The first-order chi connectivity index (χ1) is 8.63. The Morgan fingerprint density at radius 3 is 2.56 bits per heavy atom. The number of urea groups is 1. The fourth-order valence-electron chi connectivity index (χ4n) is 1.34. The predicted molar refractivity (Wildman–Crippen MR) is 76.0 cm³/mol. The van der Waals surface area contributed by atoms with Gasteiger partial charge in [0.25, 0.3) is 0 Å². The summed E-state index contributed by atoms with van der Waals surface area (Å²) < 4.78 is 13.7. The minimum atomic E-state index is -0.428. The van der Waals surface area contributed by atoms with Crippen molar-refractivity contribution in [2.24, 2.45) is 0 Å². The van der Waals surface area contributed by atoms with Crippen molar-refractivity contribution in [3.8, 4) is 0 Å². The third-order valence-corrected chi connectivity index (χ3v) is 2.66. The fraction of sp³-hybridized carbons (Fsp3) is 0. The number of carbonyl (C=O) groups is 1. The second kappa shape index (κ2) is 5.76. The number of nitrogens with one attached hydrogen (secondary N) is 2. The number of benzene rings is 1. The molecule has 0 atom stereocenters. The SMILES string of the molecule is O=C(Nc1cccc(F)c1)Nc1ccnc(I)c1. The lowest BCUT2D eigenvalue weighted by Gasteiger charge is -2.07. The molecule has 0 unspecified atom stereocenters. The van der Waals surface area contributed by atoms with Crippen LogP contribution in [0.4, 0.5) is 20.6 Å². The smallest absolute Gasteiger partial charge is 0.308 e. The van der Waals surface area contributed by atoms with Gasteiger partial charge in [-0.1, -0.05) is 6.07 Å². The van der Waals surface area contributed by atoms with Crippen LogP contribution in [0.15, 0.2) is 42.6 Å². The van der Waals surface area contributed by atoms with Crippen molar-refractivity contribution in [2.45, 2.75) is 0 Å². The minimum absolute atomic E-state index is 0.397. The zero-order valence-electron chi connectivity index (χ0n) is 9.15. The summed E-state index contributed by atoms with van der Waals surface area (Å²) in [6.45, 7) is 0. The second-order valence-corrected chi connectivity index (χ2v) is 4.56. The number of hydrogen-bond acceptors (Lipinski definition) is 2. The average molecular weight is 357 g/mol. The molecule has 1 aromatic heterocycles. The van der Waals surface area contributed by atoms with Crippen molar-refractivity contribution < 1.29 is 9.18 Å². The van der Waals surface area contributed by atoms with Gasteiger partial charge in [0.15, 0.2) is 0 Å². The van der Waals surface area contributed by atoms with Crippen LogP contribution in [0, 0.1) is 9.52 Å². The first-order valence-electron chi connectivity index (χ1n) is 5.08. The third kappa shape index (κ3) is 3.66. The van der Waals surface area contributed by atoms with E-state index in [1.807, 2.05) is 22.6 Å². The molecule has 0 bridgehead atoms. The van der Waals surface area contributed by atoms with E-state index in [9.17, 15) is 9.18 Å². The van der Waals surface area contributed by atoms with Crippen LogP contribution >= 0.6 is 22.6 Å². The maximum absolute atomic E-state index is 12.9. The van der Waals surface area contributed by atoms with Crippen LogP contribution in [-0.4, -0.2) is 11.0 Å². The Kier molecular flexibility index (Phi) is 4.08. The van der Waals surface area contributed by atoms with Gasteiger partial charge in [-0.2, -0.15) is 0 Å². The van der Waals surface area contributed by atoms with E-state index in [0.29, 0.717) is 11.4 Å². The highest BCUT2D eigenvalue weighted by atomic mass is 127. The van der Waals surface area contributed by atoms with Crippen molar-refractivity contribution in [3.63, 3.8) is 0 Å². The highest BCUT2D eigenvalue weighted by Gasteiger charge is 2.03. The summed E-state index contributed by atoms with van der Waals surface area (Å²) in [4.78, 5) is 15.6. The van der Waals surface area contributed by atoms with Gasteiger partial charge in [0.05, 0.1) is 0 Å². The maximum atomic E-state index is 12.9. The van der Waals surface area contributed by atoms with Crippen molar-refractivity contribution in [1.29, 1.82) is 0 Å². The number of aromatic nitrogens is 1. The van der Waals surface area contributed by atoms with Crippen LogP contribution in [0.5, 0.6) is 0 Å². The fourth-order valence-corrected chi connectivity index (χ4v) is 1.84. The van der Waals surface area contributed by atoms with Crippen LogP contribution in [-0.2, 0) is 0 Å². The molecule has 0 aliphatic rings. The zero-order valence-corrected chi connectivity index (χ0v) is 11.3. The van der Waals surface area contributed by atoms with Gasteiger partial charge >= 0.3 is 6.03 Å². The summed E-state index contributed by atoms with van der Waals surface area (Å²) in [5.74, 6) is -0.397. The number of anilines is 2. The predicted octanol–water partition coefficient (Wildman–Crippen LogP) is 3.47. The van der Waals surface area contributed by atoms with E-state index in [4.69, 9.17) is 0 Å². The largest absolute Gasteiger partial charge is 0.323 e. The average Bonchev–Trinajstić information content (AvgIpc) is 2.28. The molecule has 4 nitrogen and oxygen atoms in total. The molecule has 2 N–H and O–H groups in total. The number of halogens is 2. The summed E-state index contributed by atoms with van der Waals surface area (Å²) >= 11 is 2.05. The number of carbonyl (C=O) groups excluding carboxylic acids is 1. The van der Waals surface area contributed by atoms with E-state index in [1.54, 1.807) is 24.4 Å². The first-order valence-corrected chi connectivity index (χ1v) is 6.16. The first kappa shape index (κ1) is 12.7. The molecule has 0 spiro atoms. The number of amides is 2. The van der Waals surface area contributed by atoms with E-state index in [1.165, 1.54) is 18.2 Å². The number of nitrogens with zero attached hydrogens (tertiary/aromatic N) is 1. The number of hydrogen-bond donors (Lipinski definition) is 2. The summed E-state index contributed by atoms with van der Waals surface area (Å²) in [6.07, 6.45) is 1.60. The normalized spacial score (nSPS) is 9.89. The van der Waals surface area contributed by atoms with Crippen molar-refractivity contribution >= 4 is 40.0 Å². The van der Waals surface area contributed by atoms with Crippen LogP contribution in [0.2, 0.25) is 0 Å². The Hall–Kier alpha value is -1.70. The summed E-state index contributed by atoms with van der Waals surface area (Å²) in [7, 11) is 0. The van der Waals surface area contributed by atoms with E-state index < -0.39 is 11.8 Å². The molecule has 2 rings (SSSR count). The molecule has 6 heteroatoms. The lowest BCUT2D eigenvalue weighted by Crippen LogP contribution is -2.19. The molecule has 0 aliphatic heterocycles. The molecule has 0 saturated heterocycles. The van der Waals surface area contributed by atoms with Gasteiger partial charge in [0.2, 0.25) is 0 Å². The Labute approximate surface area is 117 Å². The van der Waals surface area contributed by atoms with Crippen molar-refractivity contribution in [3.05, 3.63) is 52.1 Å². The van der Waals surface area contributed by atoms with Crippen LogP contribution in [0.1, 0.15) is 0 Å². The molecule has 0 saturated carbocycles. The van der Waals surface area contributed by atoms with E-state index in [-0.39, 0.29) is 0 Å². The van der Waals surface area contributed by atoms with Crippen molar-refractivity contribution in [2.75, 3.05) is 10.6 Å². The molecular formula is C12H9FIN3O. The molecule has 0 radical (unpaired) electrons. The molecule has 92 valence electrons. The van der Waals surface area contributed by atoms with E-state index >= 15 is 0 Å².